The highest BCUT2D eigenvalue weighted by Crippen LogP contribution is 2.40. The maximum Gasteiger partial charge on any atom is 0.227 e. The lowest BCUT2D eigenvalue weighted by Crippen LogP contribution is -1.96. The lowest BCUT2D eigenvalue weighted by Gasteiger charge is -2.15. The Morgan fingerprint density at radius 1 is 0.345 bits per heavy atom. The fourth-order valence-corrected chi connectivity index (χ4v) is 7.35. The van der Waals surface area contributed by atoms with E-state index >= 15 is 0 Å². The summed E-state index contributed by atoms with van der Waals surface area (Å²) in [6, 6.07) is 69.5. The molecule has 0 radical (unpaired) electrons. The molecule has 4 heteroatoms. The SMILES string of the molecule is c1ccc(-c2cc(-c3ccc(-c4c(-c5ccc(-c6ccc7oc(-c8ccccc8)nc7c6)cc5)ccc5ccccc45)cc3)nc(-c3ccccc3)n2)cc1. The molecule has 0 saturated carbocycles. The average Bonchev–Trinajstić information content (AvgIpc) is 3.71. The molecular weight excluding hydrogens is 671 g/mol. The van der Waals surface area contributed by atoms with Crippen LogP contribution in [0.5, 0.6) is 0 Å². The van der Waals surface area contributed by atoms with Crippen LogP contribution in [-0.2, 0) is 0 Å². The summed E-state index contributed by atoms with van der Waals surface area (Å²) in [5, 5.41) is 2.41. The van der Waals surface area contributed by atoms with Crippen LogP contribution in [0.1, 0.15) is 0 Å². The van der Waals surface area contributed by atoms with Gasteiger partial charge in [-0.3, -0.25) is 0 Å². The van der Waals surface area contributed by atoms with Crippen LogP contribution in [0, 0.1) is 0 Å². The molecule has 8 aromatic carbocycles. The van der Waals surface area contributed by atoms with Crippen molar-refractivity contribution < 1.29 is 4.42 Å². The first kappa shape index (κ1) is 32.2. The molecule has 4 nitrogen and oxygen atoms in total. The van der Waals surface area contributed by atoms with Gasteiger partial charge in [-0.1, -0.05) is 170 Å². The van der Waals surface area contributed by atoms with E-state index < -0.39 is 0 Å². The van der Waals surface area contributed by atoms with Gasteiger partial charge in [-0.25, -0.2) is 15.0 Å². The van der Waals surface area contributed by atoms with Gasteiger partial charge in [-0.15, -0.1) is 0 Å². The number of nitrogens with zero attached hydrogens (tertiary/aromatic N) is 3. The third kappa shape index (κ3) is 6.26. The normalized spacial score (nSPS) is 11.3. The monoisotopic (exact) mass is 703 g/mol. The number of benzene rings is 8. The average molecular weight is 704 g/mol. The Labute approximate surface area is 319 Å². The number of oxazole rings is 1. The first-order valence-corrected chi connectivity index (χ1v) is 18.4. The molecule has 0 spiro atoms. The summed E-state index contributed by atoms with van der Waals surface area (Å²) in [6.07, 6.45) is 0. The standard InChI is InChI=1S/C51H33N3O/c1-4-13-37(14-5-1)45-33-46(53-50(52-45)40-15-6-2-7-16-40)38-24-26-39(27-25-38)49-43-19-11-10-12-35(43)28-30-44(49)36-22-20-34(21-23-36)42-29-31-48-47(32-42)54-51(55-48)41-17-8-3-9-18-41/h1-33H. The fourth-order valence-electron chi connectivity index (χ4n) is 7.35. The molecule has 2 aromatic heterocycles. The van der Waals surface area contributed by atoms with Crippen LogP contribution in [0.25, 0.3) is 101 Å². The number of fused-ring (bicyclic) bond motifs is 2. The second-order valence-corrected chi connectivity index (χ2v) is 13.6. The Morgan fingerprint density at radius 2 is 0.891 bits per heavy atom. The molecule has 0 saturated heterocycles. The van der Waals surface area contributed by atoms with E-state index in [9.17, 15) is 0 Å². The summed E-state index contributed by atoms with van der Waals surface area (Å²) in [7, 11) is 0. The maximum absolute atomic E-state index is 6.07. The highest BCUT2D eigenvalue weighted by molar-refractivity contribution is 6.04. The zero-order valence-corrected chi connectivity index (χ0v) is 29.8. The van der Waals surface area contributed by atoms with Gasteiger partial charge < -0.3 is 4.42 Å². The molecule has 0 unspecified atom stereocenters. The van der Waals surface area contributed by atoms with Crippen LogP contribution >= 0.6 is 0 Å². The van der Waals surface area contributed by atoms with Crippen molar-refractivity contribution in [3.05, 3.63) is 200 Å². The predicted octanol–water partition coefficient (Wildman–Crippen LogP) is 13.4. The van der Waals surface area contributed by atoms with Crippen LogP contribution in [0.2, 0.25) is 0 Å². The van der Waals surface area contributed by atoms with Gasteiger partial charge in [-0.05, 0) is 74.5 Å². The van der Waals surface area contributed by atoms with E-state index in [1.807, 2.05) is 72.8 Å². The number of aromatic nitrogens is 3. The molecule has 0 bridgehead atoms. The number of hydrogen-bond acceptors (Lipinski definition) is 4. The lowest BCUT2D eigenvalue weighted by molar-refractivity contribution is 0.620. The molecule has 2 heterocycles. The van der Waals surface area contributed by atoms with Gasteiger partial charge in [0.1, 0.15) is 5.52 Å². The van der Waals surface area contributed by atoms with Gasteiger partial charge in [0, 0.05) is 22.3 Å². The lowest BCUT2D eigenvalue weighted by atomic mass is 9.88. The largest absolute Gasteiger partial charge is 0.436 e. The minimum atomic E-state index is 0.630. The predicted molar refractivity (Wildman–Crippen MR) is 225 cm³/mol. The Balaban J connectivity index is 1.01. The molecule has 258 valence electrons. The molecule has 10 rings (SSSR count). The Kier molecular flexibility index (Phi) is 8.12. The van der Waals surface area contributed by atoms with E-state index in [1.54, 1.807) is 0 Å². The zero-order valence-electron chi connectivity index (χ0n) is 29.8. The van der Waals surface area contributed by atoms with Crippen LogP contribution in [0.15, 0.2) is 205 Å². The van der Waals surface area contributed by atoms with Crippen molar-refractivity contribution in [1.29, 1.82) is 0 Å². The first-order chi connectivity index (χ1) is 27.2. The van der Waals surface area contributed by atoms with Gasteiger partial charge >= 0.3 is 0 Å². The molecule has 10 aromatic rings. The molecule has 0 aliphatic carbocycles. The van der Waals surface area contributed by atoms with Crippen LogP contribution in [0.3, 0.4) is 0 Å². The summed E-state index contributed by atoms with van der Waals surface area (Å²) in [6.45, 7) is 0. The molecular formula is C51H33N3O. The summed E-state index contributed by atoms with van der Waals surface area (Å²) in [5.74, 6) is 1.34. The van der Waals surface area contributed by atoms with Crippen molar-refractivity contribution in [3.8, 4) is 78.7 Å². The third-order valence-corrected chi connectivity index (χ3v) is 10.2. The van der Waals surface area contributed by atoms with E-state index in [-0.39, 0.29) is 0 Å². The fraction of sp³-hybridized carbons (Fsp3) is 0. The van der Waals surface area contributed by atoms with Gasteiger partial charge in [0.15, 0.2) is 11.4 Å². The van der Waals surface area contributed by atoms with E-state index in [2.05, 4.69) is 127 Å². The minimum absolute atomic E-state index is 0.630. The highest BCUT2D eigenvalue weighted by atomic mass is 16.3. The van der Waals surface area contributed by atoms with Crippen LogP contribution < -0.4 is 0 Å². The van der Waals surface area contributed by atoms with Crippen LogP contribution in [-0.4, -0.2) is 15.0 Å². The van der Waals surface area contributed by atoms with E-state index in [0.29, 0.717) is 11.7 Å². The zero-order chi connectivity index (χ0) is 36.6. The van der Waals surface area contributed by atoms with Crippen molar-refractivity contribution in [2.24, 2.45) is 0 Å². The van der Waals surface area contributed by atoms with Gasteiger partial charge in [0.2, 0.25) is 5.89 Å². The van der Waals surface area contributed by atoms with Crippen molar-refractivity contribution in [3.63, 3.8) is 0 Å². The summed E-state index contributed by atoms with van der Waals surface area (Å²) >= 11 is 0. The van der Waals surface area contributed by atoms with Crippen molar-refractivity contribution in [1.82, 2.24) is 15.0 Å². The minimum Gasteiger partial charge on any atom is -0.436 e. The Morgan fingerprint density at radius 3 is 1.60 bits per heavy atom. The molecule has 0 amide bonds. The quantitative estimate of drug-likeness (QED) is 0.166. The van der Waals surface area contributed by atoms with Gasteiger partial charge in [0.05, 0.1) is 11.4 Å². The second kappa shape index (κ2) is 13.8. The Bertz CT molecular complexity index is 2880. The molecule has 0 fully saturated rings. The molecule has 0 N–H and O–H groups in total. The number of rotatable bonds is 7. The van der Waals surface area contributed by atoms with Crippen LogP contribution in [0.4, 0.5) is 0 Å². The first-order valence-electron chi connectivity index (χ1n) is 18.4. The summed E-state index contributed by atoms with van der Waals surface area (Å²) in [5.41, 5.74) is 14.3. The van der Waals surface area contributed by atoms with Gasteiger partial charge in [-0.2, -0.15) is 0 Å². The maximum atomic E-state index is 6.07. The molecule has 0 atom stereocenters. The highest BCUT2D eigenvalue weighted by Gasteiger charge is 2.15. The van der Waals surface area contributed by atoms with Gasteiger partial charge in [0.25, 0.3) is 0 Å². The summed E-state index contributed by atoms with van der Waals surface area (Å²) in [4.78, 5) is 14.8. The van der Waals surface area contributed by atoms with E-state index in [4.69, 9.17) is 19.4 Å². The number of hydrogen-bond donors (Lipinski definition) is 0. The Hall–Kier alpha value is -7.43. The summed E-state index contributed by atoms with van der Waals surface area (Å²) < 4.78 is 6.07. The second-order valence-electron chi connectivity index (χ2n) is 13.6. The van der Waals surface area contributed by atoms with Crippen molar-refractivity contribution >= 4 is 21.9 Å². The van der Waals surface area contributed by atoms with E-state index in [1.165, 1.54) is 21.9 Å². The van der Waals surface area contributed by atoms with Crippen molar-refractivity contribution in [2.45, 2.75) is 0 Å². The topological polar surface area (TPSA) is 51.8 Å². The third-order valence-electron chi connectivity index (χ3n) is 10.2. The smallest absolute Gasteiger partial charge is 0.227 e. The molecule has 0 aliphatic heterocycles. The van der Waals surface area contributed by atoms with E-state index in [0.717, 1.165) is 67.0 Å². The molecule has 55 heavy (non-hydrogen) atoms. The van der Waals surface area contributed by atoms with Crippen molar-refractivity contribution in [2.75, 3.05) is 0 Å². The molecule has 0 aliphatic rings.